The van der Waals surface area contributed by atoms with Gasteiger partial charge < -0.3 is 10.7 Å². The highest BCUT2D eigenvalue weighted by Crippen LogP contribution is 2.19. The number of hydrogen-bond acceptors (Lipinski definition) is 3. The molecule has 1 heterocycles. The molecule has 4 nitrogen and oxygen atoms in total. The van der Waals surface area contributed by atoms with Crippen molar-refractivity contribution >= 4 is 22.5 Å². The molecule has 16 heavy (non-hydrogen) atoms. The molecule has 2 aromatic rings. The lowest BCUT2D eigenvalue weighted by Gasteiger charge is -2.08. The average Bonchev–Trinajstić information content (AvgIpc) is 2.27. The topological polar surface area (TPSA) is 71.8 Å². The van der Waals surface area contributed by atoms with Crippen molar-refractivity contribution in [1.82, 2.24) is 9.97 Å². The van der Waals surface area contributed by atoms with Gasteiger partial charge in [0, 0.05) is 0 Å². The van der Waals surface area contributed by atoms with Gasteiger partial charge in [-0.15, -0.1) is 0 Å². The van der Waals surface area contributed by atoms with Gasteiger partial charge in [-0.2, -0.15) is 0 Å². The van der Waals surface area contributed by atoms with Gasteiger partial charge in [-0.05, 0) is 18.6 Å². The standard InChI is InChI=1S/C11H12ClN3O/c1-2-7(13)10-14-8-5-3-4-6(12)9(8)11(16)15-10/h3-5,7H,2,13H2,1H3,(H,14,15,16)/t7-/m0/s1. The minimum atomic E-state index is -0.254. The summed E-state index contributed by atoms with van der Waals surface area (Å²) in [6, 6.07) is 4.93. The lowest BCUT2D eigenvalue weighted by Crippen LogP contribution is -2.19. The van der Waals surface area contributed by atoms with E-state index < -0.39 is 0 Å². The molecular formula is C11H12ClN3O. The van der Waals surface area contributed by atoms with Crippen molar-refractivity contribution in [2.75, 3.05) is 0 Å². The van der Waals surface area contributed by atoms with Gasteiger partial charge in [0.2, 0.25) is 0 Å². The maximum Gasteiger partial charge on any atom is 0.260 e. The number of rotatable bonds is 2. The van der Waals surface area contributed by atoms with Crippen molar-refractivity contribution in [3.63, 3.8) is 0 Å². The largest absolute Gasteiger partial charge is 0.321 e. The van der Waals surface area contributed by atoms with Crippen molar-refractivity contribution in [1.29, 1.82) is 0 Å². The highest BCUT2D eigenvalue weighted by atomic mass is 35.5. The maximum absolute atomic E-state index is 11.8. The molecule has 0 aliphatic carbocycles. The molecule has 0 aliphatic heterocycles. The first-order valence-corrected chi connectivity index (χ1v) is 5.45. The zero-order valence-electron chi connectivity index (χ0n) is 8.83. The Kier molecular flexibility index (Phi) is 2.94. The molecule has 0 aliphatic rings. The second-order valence-corrected chi connectivity index (χ2v) is 4.01. The van der Waals surface area contributed by atoms with Crippen molar-refractivity contribution in [3.8, 4) is 0 Å². The summed E-state index contributed by atoms with van der Waals surface area (Å²) in [6.07, 6.45) is 0.717. The van der Waals surface area contributed by atoms with Crippen LogP contribution in [0.5, 0.6) is 0 Å². The van der Waals surface area contributed by atoms with Crippen LogP contribution in [0, 0.1) is 0 Å². The summed E-state index contributed by atoms with van der Waals surface area (Å²) >= 11 is 5.94. The first-order valence-electron chi connectivity index (χ1n) is 5.07. The Bertz CT molecular complexity index is 579. The first-order chi connectivity index (χ1) is 7.63. The number of nitrogens with one attached hydrogen (secondary N) is 1. The van der Waals surface area contributed by atoms with E-state index in [4.69, 9.17) is 17.3 Å². The molecule has 0 bridgehead atoms. The van der Waals surface area contributed by atoms with Gasteiger partial charge in [-0.1, -0.05) is 24.6 Å². The Labute approximate surface area is 97.5 Å². The summed E-state index contributed by atoms with van der Waals surface area (Å²) in [4.78, 5) is 18.8. The fourth-order valence-electron chi connectivity index (χ4n) is 1.54. The Morgan fingerprint density at radius 2 is 2.31 bits per heavy atom. The van der Waals surface area contributed by atoms with Crippen LogP contribution in [0.4, 0.5) is 0 Å². The number of hydrogen-bond donors (Lipinski definition) is 2. The van der Waals surface area contributed by atoms with Crippen LogP contribution in [0.2, 0.25) is 5.02 Å². The minimum Gasteiger partial charge on any atom is -0.321 e. The predicted octanol–water partition coefficient (Wildman–Crippen LogP) is 1.99. The van der Waals surface area contributed by atoms with Crippen molar-refractivity contribution in [3.05, 3.63) is 39.4 Å². The summed E-state index contributed by atoms with van der Waals surface area (Å²) in [7, 11) is 0. The molecule has 5 heteroatoms. The number of benzene rings is 1. The van der Waals surface area contributed by atoms with E-state index in [1.807, 2.05) is 6.92 Å². The average molecular weight is 238 g/mol. The van der Waals surface area contributed by atoms with E-state index >= 15 is 0 Å². The molecule has 2 rings (SSSR count). The summed E-state index contributed by atoms with van der Waals surface area (Å²) in [6.45, 7) is 1.94. The summed E-state index contributed by atoms with van der Waals surface area (Å²) in [5, 5.41) is 0.819. The van der Waals surface area contributed by atoms with Gasteiger partial charge in [-0.25, -0.2) is 4.98 Å². The van der Waals surface area contributed by atoms with Gasteiger partial charge in [-0.3, -0.25) is 4.79 Å². The number of nitrogens with two attached hydrogens (primary N) is 1. The molecule has 3 N–H and O–H groups in total. The van der Waals surface area contributed by atoms with E-state index in [1.54, 1.807) is 18.2 Å². The zero-order chi connectivity index (χ0) is 11.7. The van der Waals surface area contributed by atoms with E-state index in [2.05, 4.69) is 9.97 Å². The van der Waals surface area contributed by atoms with Gasteiger partial charge in [0.25, 0.3) is 5.56 Å². The van der Waals surface area contributed by atoms with Crippen LogP contribution >= 0.6 is 11.6 Å². The molecule has 1 atom stereocenters. The van der Waals surface area contributed by atoms with E-state index in [1.165, 1.54) is 0 Å². The third kappa shape index (κ3) is 1.81. The zero-order valence-corrected chi connectivity index (χ0v) is 9.58. The first kappa shape index (κ1) is 11.1. The molecule has 0 saturated heterocycles. The molecule has 1 aromatic heterocycles. The molecule has 0 saturated carbocycles. The number of fused-ring (bicyclic) bond motifs is 1. The van der Waals surface area contributed by atoms with Crippen LogP contribution in [0.15, 0.2) is 23.0 Å². The van der Waals surface area contributed by atoms with Crippen LogP contribution in [-0.4, -0.2) is 9.97 Å². The normalized spacial score (nSPS) is 12.9. The smallest absolute Gasteiger partial charge is 0.260 e. The monoisotopic (exact) mass is 237 g/mol. The van der Waals surface area contributed by atoms with E-state index in [0.717, 1.165) is 6.42 Å². The second-order valence-electron chi connectivity index (χ2n) is 3.60. The quantitative estimate of drug-likeness (QED) is 0.839. The highest BCUT2D eigenvalue weighted by molar-refractivity contribution is 6.35. The van der Waals surface area contributed by atoms with Crippen LogP contribution in [-0.2, 0) is 0 Å². The van der Waals surface area contributed by atoms with Crippen molar-refractivity contribution in [2.24, 2.45) is 5.73 Å². The fourth-order valence-corrected chi connectivity index (χ4v) is 1.79. The number of halogens is 1. The number of aromatic amines is 1. The third-order valence-electron chi connectivity index (χ3n) is 2.49. The molecule has 0 spiro atoms. The number of aromatic nitrogens is 2. The second kappa shape index (κ2) is 4.23. The molecule has 0 unspecified atom stereocenters. The Morgan fingerprint density at radius 1 is 1.56 bits per heavy atom. The molecular weight excluding hydrogens is 226 g/mol. The Hall–Kier alpha value is -1.39. The van der Waals surface area contributed by atoms with E-state index in [9.17, 15) is 4.79 Å². The summed E-state index contributed by atoms with van der Waals surface area (Å²) in [5.74, 6) is 0.502. The van der Waals surface area contributed by atoms with E-state index in [0.29, 0.717) is 21.7 Å². The third-order valence-corrected chi connectivity index (χ3v) is 2.81. The lowest BCUT2D eigenvalue weighted by atomic mass is 10.2. The van der Waals surface area contributed by atoms with Crippen LogP contribution in [0.25, 0.3) is 10.9 Å². The van der Waals surface area contributed by atoms with E-state index in [-0.39, 0.29) is 11.6 Å². The molecule has 0 radical (unpaired) electrons. The van der Waals surface area contributed by atoms with Crippen LogP contribution in [0.1, 0.15) is 25.2 Å². The lowest BCUT2D eigenvalue weighted by molar-refractivity contribution is 0.650. The summed E-state index contributed by atoms with van der Waals surface area (Å²) in [5.41, 5.74) is 6.16. The molecule has 0 amide bonds. The molecule has 0 fully saturated rings. The van der Waals surface area contributed by atoms with Crippen LogP contribution in [0.3, 0.4) is 0 Å². The molecule has 84 valence electrons. The SMILES string of the molecule is CC[C@H](N)c1nc2cccc(Cl)c2c(=O)[nH]1. The van der Waals surface area contributed by atoms with Gasteiger partial charge >= 0.3 is 0 Å². The molecule has 1 aromatic carbocycles. The Morgan fingerprint density at radius 3 is 3.00 bits per heavy atom. The fraction of sp³-hybridized carbons (Fsp3) is 0.273. The van der Waals surface area contributed by atoms with Crippen molar-refractivity contribution < 1.29 is 0 Å². The number of H-pyrrole nitrogens is 1. The number of nitrogens with zero attached hydrogens (tertiary/aromatic N) is 1. The van der Waals surface area contributed by atoms with Gasteiger partial charge in [0.15, 0.2) is 0 Å². The highest BCUT2D eigenvalue weighted by Gasteiger charge is 2.10. The minimum absolute atomic E-state index is 0.241. The maximum atomic E-state index is 11.8. The van der Waals surface area contributed by atoms with Crippen LogP contribution < -0.4 is 11.3 Å². The predicted molar refractivity (Wildman–Crippen MR) is 64.6 cm³/mol. The van der Waals surface area contributed by atoms with Crippen molar-refractivity contribution in [2.45, 2.75) is 19.4 Å². The summed E-state index contributed by atoms with van der Waals surface area (Å²) < 4.78 is 0. The van der Waals surface area contributed by atoms with Gasteiger partial charge in [0.05, 0.1) is 22.0 Å². The Balaban J connectivity index is 2.74. The van der Waals surface area contributed by atoms with Gasteiger partial charge in [0.1, 0.15) is 5.82 Å².